The van der Waals surface area contributed by atoms with Gasteiger partial charge in [-0.3, -0.25) is 0 Å². The molecule has 0 aliphatic rings. The standard InChI is InChI=1S/C16H13OPS/c1-17-14-9-7-13(8-10-14)16-11-15(18-19-16)12-5-3-2-4-6-12/h2-11H,1H3. The Morgan fingerprint density at radius 3 is 2.32 bits per heavy atom. The van der Waals surface area contributed by atoms with Gasteiger partial charge in [0.25, 0.3) is 0 Å². The molecule has 2 aromatic carbocycles. The molecule has 3 heteroatoms. The smallest absolute Gasteiger partial charge is 0.118 e. The number of ether oxygens (including phenoxy) is 1. The van der Waals surface area contributed by atoms with Gasteiger partial charge in [0.05, 0.1) is 7.11 Å². The maximum Gasteiger partial charge on any atom is 0.118 e. The van der Waals surface area contributed by atoms with Gasteiger partial charge in [-0.05, 0) is 48.8 Å². The zero-order chi connectivity index (χ0) is 13.1. The third-order valence-corrected chi connectivity index (χ3v) is 5.63. The topological polar surface area (TPSA) is 9.23 Å². The third-order valence-electron chi connectivity index (χ3n) is 2.95. The molecule has 0 aliphatic carbocycles. The Morgan fingerprint density at radius 1 is 0.895 bits per heavy atom. The van der Waals surface area contributed by atoms with Crippen LogP contribution in [0.25, 0.3) is 21.3 Å². The molecule has 3 rings (SSSR count). The van der Waals surface area contributed by atoms with Crippen molar-refractivity contribution < 1.29 is 4.74 Å². The molecule has 1 nitrogen and oxygen atoms in total. The van der Waals surface area contributed by atoms with Crippen LogP contribution in [0.5, 0.6) is 5.75 Å². The summed E-state index contributed by atoms with van der Waals surface area (Å²) in [7, 11) is 4.86. The first kappa shape index (κ1) is 12.4. The number of rotatable bonds is 3. The fourth-order valence-electron chi connectivity index (χ4n) is 1.91. The highest BCUT2D eigenvalue weighted by Crippen LogP contribution is 2.41. The first-order valence-corrected chi connectivity index (χ1v) is 8.35. The molecule has 0 bridgehead atoms. The Morgan fingerprint density at radius 2 is 1.63 bits per heavy atom. The quantitative estimate of drug-likeness (QED) is 0.602. The lowest BCUT2D eigenvalue weighted by Gasteiger charge is -2.00. The Hall–Kier alpha value is -1.63. The molecule has 0 unspecified atom stereocenters. The predicted octanol–water partition coefficient (Wildman–Crippen LogP) is 5.67. The van der Waals surface area contributed by atoms with E-state index in [1.165, 1.54) is 28.7 Å². The number of hydrogen-bond donors (Lipinski definition) is 0. The second-order valence-electron chi connectivity index (χ2n) is 4.17. The summed E-state index contributed by atoms with van der Waals surface area (Å²) in [5, 5.41) is 1.37. The minimum Gasteiger partial charge on any atom is -0.497 e. The average Bonchev–Trinajstić information content (AvgIpc) is 2.98. The normalized spacial score (nSPS) is 10.8. The summed E-state index contributed by atoms with van der Waals surface area (Å²) in [6.45, 7) is 0. The lowest BCUT2D eigenvalue weighted by molar-refractivity contribution is 0.415. The van der Waals surface area contributed by atoms with E-state index in [1.807, 2.05) is 23.1 Å². The molecule has 0 radical (unpaired) electrons. The molecule has 1 heterocycles. The summed E-state index contributed by atoms with van der Waals surface area (Å²) >= 11 is 0. The zero-order valence-corrected chi connectivity index (χ0v) is 12.2. The van der Waals surface area contributed by atoms with Crippen LogP contribution in [-0.4, -0.2) is 7.11 Å². The summed E-state index contributed by atoms with van der Waals surface area (Å²) in [6, 6.07) is 21.1. The van der Waals surface area contributed by atoms with Crippen molar-refractivity contribution in [2.75, 3.05) is 7.11 Å². The second-order valence-corrected chi connectivity index (χ2v) is 6.55. The summed E-state index contributed by atoms with van der Waals surface area (Å²) < 4.78 is 5.19. The monoisotopic (exact) mass is 284 g/mol. The Balaban J connectivity index is 1.92. The summed E-state index contributed by atoms with van der Waals surface area (Å²) in [5.74, 6) is 0.900. The SMILES string of the molecule is COc1ccc(-c2cc(-c3ccccc3)ps2)cc1. The van der Waals surface area contributed by atoms with Gasteiger partial charge in [0.15, 0.2) is 0 Å². The van der Waals surface area contributed by atoms with Gasteiger partial charge >= 0.3 is 0 Å². The third kappa shape index (κ3) is 2.70. The molecule has 0 N–H and O–H groups in total. The van der Waals surface area contributed by atoms with Crippen molar-refractivity contribution in [3.05, 3.63) is 60.7 Å². The molecule has 0 saturated heterocycles. The van der Waals surface area contributed by atoms with Gasteiger partial charge in [-0.25, -0.2) is 0 Å². The van der Waals surface area contributed by atoms with Crippen LogP contribution in [0.3, 0.4) is 0 Å². The van der Waals surface area contributed by atoms with Crippen LogP contribution in [0.4, 0.5) is 0 Å². The first-order chi connectivity index (χ1) is 9.36. The highest BCUT2D eigenvalue weighted by molar-refractivity contribution is 7.83. The van der Waals surface area contributed by atoms with Gasteiger partial charge in [-0.2, -0.15) is 0 Å². The molecule has 0 fully saturated rings. The van der Waals surface area contributed by atoms with Crippen LogP contribution in [-0.2, 0) is 0 Å². The van der Waals surface area contributed by atoms with E-state index in [4.69, 9.17) is 4.74 Å². The van der Waals surface area contributed by atoms with E-state index in [0.717, 1.165) is 5.75 Å². The van der Waals surface area contributed by atoms with Gasteiger partial charge < -0.3 is 4.74 Å². The summed E-state index contributed by atoms with van der Waals surface area (Å²) in [5.41, 5.74) is 2.56. The highest BCUT2D eigenvalue weighted by atomic mass is 32.5. The van der Waals surface area contributed by atoms with E-state index in [2.05, 4.69) is 48.5 Å². The largest absolute Gasteiger partial charge is 0.497 e. The van der Waals surface area contributed by atoms with Gasteiger partial charge in [-0.1, -0.05) is 30.3 Å². The number of benzene rings is 2. The predicted molar refractivity (Wildman–Crippen MR) is 84.3 cm³/mol. The lowest BCUT2D eigenvalue weighted by atomic mass is 10.1. The molecule has 0 atom stereocenters. The van der Waals surface area contributed by atoms with E-state index in [-0.39, 0.29) is 0 Å². The minimum atomic E-state index is 0.900. The van der Waals surface area contributed by atoms with Crippen LogP contribution in [0.15, 0.2) is 60.7 Å². The van der Waals surface area contributed by atoms with Crippen LogP contribution >= 0.6 is 18.3 Å². The minimum absolute atomic E-state index is 0.900. The Kier molecular flexibility index (Phi) is 3.63. The molecule has 3 aromatic rings. The molecule has 94 valence electrons. The van der Waals surface area contributed by atoms with Gasteiger partial charge in [0.1, 0.15) is 5.75 Å². The van der Waals surface area contributed by atoms with E-state index >= 15 is 0 Å². The molecule has 19 heavy (non-hydrogen) atoms. The molecular weight excluding hydrogens is 271 g/mol. The van der Waals surface area contributed by atoms with Gasteiger partial charge in [0.2, 0.25) is 0 Å². The van der Waals surface area contributed by atoms with E-state index in [0.29, 0.717) is 0 Å². The summed E-state index contributed by atoms with van der Waals surface area (Å²) in [4.78, 5) is 1.32. The molecular formula is C16H13OPS. The molecule has 0 saturated carbocycles. The highest BCUT2D eigenvalue weighted by Gasteiger charge is 2.05. The maximum absolute atomic E-state index is 5.19. The Bertz CT molecular complexity index is 659. The zero-order valence-electron chi connectivity index (χ0n) is 10.5. The number of methoxy groups -OCH3 is 1. The van der Waals surface area contributed by atoms with Crippen LogP contribution in [0.2, 0.25) is 0 Å². The van der Waals surface area contributed by atoms with E-state index in [1.54, 1.807) is 7.11 Å². The van der Waals surface area contributed by atoms with Crippen molar-refractivity contribution in [2.24, 2.45) is 0 Å². The number of hydrogen-bond acceptors (Lipinski definition) is 2. The van der Waals surface area contributed by atoms with Crippen molar-refractivity contribution in [1.82, 2.24) is 0 Å². The molecule has 0 spiro atoms. The van der Waals surface area contributed by atoms with Crippen molar-refractivity contribution >= 4 is 18.3 Å². The summed E-state index contributed by atoms with van der Waals surface area (Å²) in [6.07, 6.45) is 0. The van der Waals surface area contributed by atoms with Gasteiger partial charge in [0, 0.05) is 10.2 Å². The maximum atomic E-state index is 5.19. The Labute approximate surface area is 118 Å². The molecule has 0 aliphatic heterocycles. The fraction of sp³-hybridized carbons (Fsp3) is 0.0625. The van der Waals surface area contributed by atoms with Crippen LogP contribution < -0.4 is 4.74 Å². The average molecular weight is 284 g/mol. The first-order valence-electron chi connectivity index (χ1n) is 6.03. The van der Waals surface area contributed by atoms with Crippen molar-refractivity contribution in [1.29, 1.82) is 0 Å². The van der Waals surface area contributed by atoms with E-state index in [9.17, 15) is 0 Å². The van der Waals surface area contributed by atoms with Crippen molar-refractivity contribution in [3.63, 3.8) is 0 Å². The van der Waals surface area contributed by atoms with Crippen LogP contribution in [0, 0.1) is 0 Å². The van der Waals surface area contributed by atoms with Crippen LogP contribution in [0.1, 0.15) is 0 Å². The fourth-order valence-corrected chi connectivity index (χ4v) is 4.58. The van der Waals surface area contributed by atoms with Crippen molar-refractivity contribution in [3.8, 4) is 27.0 Å². The van der Waals surface area contributed by atoms with Crippen molar-refractivity contribution in [2.45, 2.75) is 0 Å². The molecule has 1 aromatic heterocycles. The lowest BCUT2D eigenvalue weighted by Crippen LogP contribution is -1.81. The molecule has 0 amide bonds. The van der Waals surface area contributed by atoms with E-state index < -0.39 is 0 Å². The van der Waals surface area contributed by atoms with Gasteiger partial charge in [-0.15, -0.1) is 10.9 Å². The second kappa shape index (κ2) is 5.56.